The third-order valence-electron chi connectivity index (χ3n) is 4.09. The highest BCUT2D eigenvalue weighted by molar-refractivity contribution is 5.60. The predicted molar refractivity (Wildman–Crippen MR) is 72.9 cm³/mol. The van der Waals surface area contributed by atoms with Crippen molar-refractivity contribution < 1.29 is 4.92 Å². The van der Waals surface area contributed by atoms with E-state index in [1.807, 2.05) is 13.0 Å². The first kappa shape index (κ1) is 12.9. The molecule has 1 saturated carbocycles. The van der Waals surface area contributed by atoms with Crippen LogP contribution in [-0.2, 0) is 0 Å². The molecule has 1 aliphatic rings. The molecule has 98 valence electrons. The average molecular weight is 248 g/mol. The van der Waals surface area contributed by atoms with Crippen LogP contribution >= 0.6 is 0 Å². The SMILES string of the molecule is Cc1c(NC2CCCC2(C)C)cccc1[N+](=O)[O-]. The Hall–Kier alpha value is -1.58. The Morgan fingerprint density at radius 2 is 2.17 bits per heavy atom. The maximum absolute atomic E-state index is 10.9. The first-order chi connectivity index (χ1) is 8.42. The highest BCUT2D eigenvalue weighted by Crippen LogP contribution is 2.40. The van der Waals surface area contributed by atoms with E-state index in [0.29, 0.717) is 6.04 Å². The molecule has 4 nitrogen and oxygen atoms in total. The Labute approximate surface area is 108 Å². The third-order valence-corrected chi connectivity index (χ3v) is 4.09. The minimum atomic E-state index is -0.319. The summed E-state index contributed by atoms with van der Waals surface area (Å²) >= 11 is 0. The number of nitro groups is 1. The molecule has 0 amide bonds. The molecule has 0 radical (unpaired) electrons. The summed E-state index contributed by atoms with van der Waals surface area (Å²) in [4.78, 5) is 10.6. The van der Waals surface area contributed by atoms with Crippen molar-refractivity contribution in [2.24, 2.45) is 5.41 Å². The molecule has 2 rings (SSSR count). The second-order valence-electron chi connectivity index (χ2n) is 5.78. The van der Waals surface area contributed by atoms with E-state index in [0.717, 1.165) is 17.7 Å². The molecule has 1 N–H and O–H groups in total. The van der Waals surface area contributed by atoms with E-state index in [1.165, 1.54) is 12.8 Å². The van der Waals surface area contributed by atoms with Crippen LogP contribution in [0.3, 0.4) is 0 Å². The molecule has 0 saturated heterocycles. The summed E-state index contributed by atoms with van der Waals surface area (Å²) in [5.41, 5.74) is 2.07. The quantitative estimate of drug-likeness (QED) is 0.652. The molecule has 1 fully saturated rings. The molecule has 1 unspecified atom stereocenters. The fourth-order valence-electron chi connectivity index (χ4n) is 2.76. The van der Waals surface area contributed by atoms with Crippen LogP contribution in [0.15, 0.2) is 18.2 Å². The number of hydrogen-bond donors (Lipinski definition) is 1. The van der Waals surface area contributed by atoms with Crippen LogP contribution in [0.1, 0.15) is 38.7 Å². The lowest BCUT2D eigenvalue weighted by Crippen LogP contribution is -2.31. The Bertz CT molecular complexity index is 469. The highest BCUT2D eigenvalue weighted by atomic mass is 16.6. The van der Waals surface area contributed by atoms with Gasteiger partial charge in [-0.1, -0.05) is 26.3 Å². The van der Waals surface area contributed by atoms with E-state index < -0.39 is 0 Å². The molecule has 0 aromatic heterocycles. The first-order valence-electron chi connectivity index (χ1n) is 6.42. The highest BCUT2D eigenvalue weighted by Gasteiger charge is 2.34. The van der Waals surface area contributed by atoms with E-state index in [-0.39, 0.29) is 16.0 Å². The molecule has 0 bridgehead atoms. The first-order valence-corrected chi connectivity index (χ1v) is 6.42. The monoisotopic (exact) mass is 248 g/mol. The van der Waals surface area contributed by atoms with Gasteiger partial charge in [-0.15, -0.1) is 0 Å². The predicted octanol–water partition coefficient (Wildman–Crippen LogP) is 3.89. The zero-order chi connectivity index (χ0) is 13.3. The molecular weight excluding hydrogens is 228 g/mol. The maximum atomic E-state index is 10.9. The van der Waals surface area contributed by atoms with Gasteiger partial charge in [-0.25, -0.2) is 0 Å². The molecule has 4 heteroatoms. The summed E-state index contributed by atoms with van der Waals surface area (Å²) in [6.45, 7) is 6.32. The Kier molecular flexibility index (Phi) is 3.28. The standard InChI is InChI=1S/C14H20N2O2/c1-10-11(6-4-7-12(10)16(17)18)15-13-8-5-9-14(13,2)3/h4,6-7,13,15H,5,8-9H2,1-3H3. The zero-order valence-electron chi connectivity index (χ0n) is 11.2. The van der Waals surface area contributed by atoms with Crippen molar-refractivity contribution in [3.8, 4) is 0 Å². The largest absolute Gasteiger partial charge is 0.381 e. The molecule has 0 spiro atoms. The number of hydrogen-bond acceptors (Lipinski definition) is 3. The van der Waals surface area contributed by atoms with Crippen molar-refractivity contribution in [1.82, 2.24) is 0 Å². The molecule has 1 aromatic rings. The topological polar surface area (TPSA) is 55.2 Å². The van der Waals surface area contributed by atoms with Crippen molar-refractivity contribution in [3.63, 3.8) is 0 Å². The van der Waals surface area contributed by atoms with Gasteiger partial charge in [-0.2, -0.15) is 0 Å². The normalized spacial score (nSPS) is 21.8. The number of anilines is 1. The van der Waals surface area contributed by atoms with Gasteiger partial charge < -0.3 is 5.32 Å². The fourth-order valence-corrected chi connectivity index (χ4v) is 2.76. The van der Waals surface area contributed by atoms with E-state index >= 15 is 0 Å². The van der Waals surface area contributed by atoms with Crippen LogP contribution in [0.2, 0.25) is 0 Å². The fraction of sp³-hybridized carbons (Fsp3) is 0.571. The lowest BCUT2D eigenvalue weighted by atomic mass is 9.87. The summed E-state index contributed by atoms with van der Waals surface area (Å²) in [5.74, 6) is 0. The van der Waals surface area contributed by atoms with Gasteiger partial charge in [0, 0.05) is 23.4 Å². The minimum Gasteiger partial charge on any atom is -0.381 e. The Balaban J connectivity index is 2.25. The van der Waals surface area contributed by atoms with E-state index in [9.17, 15) is 10.1 Å². The van der Waals surface area contributed by atoms with Crippen molar-refractivity contribution in [3.05, 3.63) is 33.9 Å². The minimum absolute atomic E-state index is 0.191. The van der Waals surface area contributed by atoms with Crippen LogP contribution in [0.5, 0.6) is 0 Å². The lowest BCUT2D eigenvalue weighted by molar-refractivity contribution is -0.385. The second kappa shape index (κ2) is 4.59. The van der Waals surface area contributed by atoms with Crippen molar-refractivity contribution in [1.29, 1.82) is 0 Å². The Morgan fingerprint density at radius 3 is 2.72 bits per heavy atom. The average Bonchev–Trinajstić information content (AvgIpc) is 2.61. The van der Waals surface area contributed by atoms with Gasteiger partial charge in [0.25, 0.3) is 5.69 Å². The van der Waals surface area contributed by atoms with Crippen LogP contribution in [0.25, 0.3) is 0 Å². The number of rotatable bonds is 3. The van der Waals surface area contributed by atoms with E-state index in [4.69, 9.17) is 0 Å². The van der Waals surface area contributed by atoms with Gasteiger partial charge in [0.2, 0.25) is 0 Å². The van der Waals surface area contributed by atoms with Crippen molar-refractivity contribution >= 4 is 11.4 Å². The molecule has 1 atom stereocenters. The van der Waals surface area contributed by atoms with Crippen LogP contribution in [0.4, 0.5) is 11.4 Å². The van der Waals surface area contributed by atoms with Gasteiger partial charge in [-0.3, -0.25) is 10.1 Å². The van der Waals surface area contributed by atoms with Gasteiger partial charge in [-0.05, 0) is 31.2 Å². The molecule has 0 heterocycles. The molecule has 18 heavy (non-hydrogen) atoms. The summed E-state index contributed by atoms with van der Waals surface area (Å²) in [6, 6.07) is 5.63. The smallest absolute Gasteiger partial charge is 0.274 e. The van der Waals surface area contributed by atoms with Crippen molar-refractivity contribution in [2.75, 3.05) is 5.32 Å². The van der Waals surface area contributed by atoms with Gasteiger partial charge in [0.15, 0.2) is 0 Å². The summed E-state index contributed by atoms with van der Waals surface area (Å²) in [6.07, 6.45) is 3.56. The van der Waals surface area contributed by atoms with Crippen molar-refractivity contribution in [2.45, 2.75) is 46.1 Å². The van der Waals surface area contributed by atoms with Crippen LogP contribution < -0.4 is 5.32 Å². The summed E-state index contributed by atoms with van der Waals surface area (Å²) in [7, 11) is 0. The van der Waals surface area contributed by atoms with Crippen LogP contribution in [-0.4, -0.2) is 11.0 Å². The van der Waals surface area contributed by atoms with E-state index in [1.54, 1.807) is 12.1 Å². The number of nitrogens with one attached hydrogen (secondary N) is 1. The Morgan fingerprint density at radius 1 is 1.44 bits per heavy atom. The third kappa shape index (κ3) is 2.33. The van der Waals surface area contributed by atoms with Crippen LogP contribution in [0, 0.1) is 22.5 Å². The van der Waals surface area contributed by atoms with Gasteiger partial charge in [0.05, 0.1) is 4.92 Å². The number of nitro benzene ring substituents is 1. The van der Waals surface area contributed by atoms with Gasteiger partial charge in [0.1, 0.15) is 0 Å². The maximum Gasteiger partial charge on any atom is 0.274 e. The lowest BCUT2D eigenvalue weighted by Gasteiger charge is -2.29. The summed E-state index contributed by atoms with van der Waals surface area (Å²) < 4.78 is 0. The molecule has 0 aliphatic heterocycles. The molecule has 1 aromatic carbocycles. The number of nitrogens with zero attached hydrogens (tertiary/aromatic N) is 1. The van der Waals surface area contributed by atoms with E-state index in [2.05, 4.69) is 19.2 Å². The number of benzene rings is 1. The van der Waals surface area contributed by atoms with Gasteiger partial charge >= 0.3 is 0 Å². The molecular formula is C14H20N2O2. The molecule has 1 aliphatic carbocycles. The summed E-state index contributed by atoms with van der Waals surface area (Å²) in [5, 5.41) is 14.4. The zero-order valence-corrected chi connectivity index (χ0v) is 11.2. The second-order valence-corrected chi connectivity index (χ2v) is 5.78.